The molecule has 1 heterocycles. The largest absolute Gasteiger partial charge is 0.357 e. The van der Waals surface area contributed by atoms with Crippen molar-refractivity contribution >= 4 is 52.9 Å². The van der Waals surface area contributed by atoms with E-state index >= 15 is 0 Å². The van der Waals surface area contributed by atoms with E-state index in [1.807, 2.05) is 24.4 Å². The van der Waals surface area contributed by atoms with Gasteiger partial charge in [-0.1, -0.05) is 37.6 Å². The first-order chi connectivity index (χ1) is 11.4. The lowest BCUT2D eigenvalue weighted by Crippen LogP contribution is -2.43. The molecule has 0 fully saturated rings. The summed E-state index contributed by atoms with van der Waals surface area (Å²) >= 11 is 7.80. The zero-order valence-electron chi connectivity index (χ0n) is 15.1. The first-order valence-corrected chi connectivity index (χ1v) is 9.29. The molecule has 25 heavy (non-hydrogen) atoms. The highest BCUT2D eigenvalue weighted by molar-refractivity contribution is 14.0. The molecule has 0 saturated heterocycles. The van der Waals surface area contributed by atoms with Crippen LogP contribution in [0.1, 0.15) is 36.2 Å². The van der Waals surface area contributed by atoms with E-state index in [1.54, 1.807) is 11.3 Å². The van der Waals surface area contributed by atoms with Gasteiger partial charge in [0.05, 0.1) is 6.54 Å². The van der Waals surface area contributed by atoms with Gasteiger partial charge in [-0.25, -0.2) is 9.98 Å². The van der Waals surface area contributed by atoms with Gasteiger partial charge in [-0.05, 0) is 31.5 Å². The molecule has 0 spiro atoms. The second kappa shape index (κ2) is 10.3. The molecule has 0 aliphatic heterocycles. The fourth-order valence-corrected chi connectivity index (χ4v) is 3.18. The van der Waals surface area contributed by atoms with Gasteiger partial charge in [0, 0.05) is 34.6 Å². The van der Waals surface area contributed by atoms with Gasteiger partial charge >= 0.3 is 0 Å². The Bertz CT molecular complexity index is 700. The van der Waals surface area contributed by atoms with E-state index in [0.29, 0.717) is 6.54 Å². The summed E-state index contributed by atoms with van der Waals surface area (Å²) in [4.78, 5) is 10.2. The van der Waals surface area contributed by atoms with Crippen molar-refractivity contribution in [3.05, 3.63) is 50.9 Å². The zero-order valence-corrected chi connectivity index (χ0v) is 19.0. The summed E-state index contributed by atoms with van der Waals surface area (Å²) in [6.45, 7) is 10.7. The molecule has 0 unspecified atom stereocenters. The van der Waals surface area contributed by atoms with Crippen molar-refractivity contribution in [2.45, 2.75) is 39.7 Å². The number of aryl methyl sites for hydroxylation is 1. The number of thiazole rings is 1. The number of halogens is 2. The summed E-state index contributed by atoms with van der Waals surface area (Å²) < 4.78 is 0. The Hall–Kier alpha value is -0.860. The fraction of sp³-hybridized carbons (Fsp3) is 0.444. The summed E-state index contributed by atoms with van der Waals surface area (Å²) in [7, 11) is 0. The van der Waals surface area contributed by atoms with Crippen molar-refractivity contribution < 1.29 is 0 Å². The predicted molar refractivity (Wildman–Crippen MR) is 120 cm³/mol. The van der Waals surface area contributed by atoms with Crippen LogP contribution in [0, 0.1) is 6.92 Å². The van der Waals surface area contributed by atoms with Gasteiger partial charge in [0.1, 0.15) is 5.01 Å². The van der Waals surface area contributed by atoms with Crippen molar-refractivity contribution in [1.82, 2.24) is 15.6 Å². The number of aromatic nitrogens is 1. The molecule has 7 heteroatoms. The molecule has 0 aliphatic rings. The molecule has 0 aliphatic carbocycles. The van der Waals surface area contributed by atoms with Gasteiger partial charge in [0.15, 0.2) is 5.96 Å². The summed E-state index contributed by atoms with van der Waals surface area (Å²) in [6.07, 6.45) is 1.89. The molecular formula is C18H26ClIN4S. The molecule has 0 atom stereocenters. The van der Waals surface area contributed by atoms with Crippen LogP contribution in [0.25, 0.3) is 0 Å². The Labute approximate surface area is 176 Å². The lowest BCUT2D eigenvalue weighted by molar-refractivity contribution is 0.508. The highest BCUT2D eigenvalue weighted by atomic mass is 127. The Kier molecular flexibility index (Phi) is 9.16. The normalized spacial score (nSPS) is 11.8. The zero-order chi connectivity index (χ0) is 17.6. The van der Waals surface area contributed by atoms with E-state index in [9.17, 15) is 0 Å². The lowest BCUT2D eigenvalue weighted by Gasteiger charge is -2.27. The second-order valence-electron chi connectivity index (χ2n) is 6.31. The van der Waals surface area contributed by atoms with E-state index in [1.165, 1.54) is 10.4 Å². The van der Waals surface area contributed by atoms with Gasteiger partial charge in [-0.3, -0.25) is 0 Å². The van der Waals surface area contributed by atoms with Crippen molar-refractivity contribution in [1.29, 1.82) is 0 Å². The molecule has 0 amide bonds. The quantitative estimate of drug-likeness (QED) is 0.347. The topological polar surface area (TPSA) is 49.3 Å². The predicted octanol–water partition coefficient (Wildman–Crippen LogP) is 4.76. The average molecular weight is 493 g/mol. The first-order valence-electron chi connectivity index (χ1n) is 8.10. The fourth-order valence-electron chi connectivity index (χ4n) is 2.28. The van der Waals surface area contributed by atoms with Crippen molar-refractivity contribution in [3.8, 4) is 0 Å². The van der Waals surface area contributed by atoms with Crippen LogP contribution in [0.2, 0.25) is 5.02 Å². The molecule has 1 aromatic carbocycles. The molecule has 2 aromatic rings. The third kappa shape index (κ3) is 7.11. The van der Waals surface area contributed by atoms with Crippen molar-refractivity contribution in [3.63, 3.8) is 0 Å². The van der Waals surface area contributed by atoms with Crippen LogP contribution >= 0.6 is 46.9 Å². The second-order valence-corrected chi connectivity index (χ2v) is 8.06. The maximum atomic E-state index is 6.12. The van der Waals surface area contributed by atoms with Crippen LogP contribution in [-0.4, -0.2) is 24.0 Å². The van der Waals surface area contributed by atoms with Gasteiger partial charge in [0.25, 0.3) is 0 Å². The number of guanidine groups is 1. The summed E-state index contributed by atoms with van der Waals surface area (Å²) in [5.74, 6) is 0.806. The highest BCUT2D eigenvalue weighted by Crippen LogP contribution is 2.24. The molecule has 138 valence electrons. The number of rotatable bonds is 6. The minimum Gasteiger partial charge on any atom is -0.357 e. The first kappa shape index (κ1) is 22.2. The van der Waals surface area contributed by atoms with Crippen LogP contribution in [0.4, 0.5) is 0 Å². The van der Waals surface area contributed by atoms with Crippen molar-refractivity contribution in [2.75, 3.05) is 13.1 Å². The molecule has 0 bridgehead atoms. The minimum absolute atomic E-state index is 0. The van der Waals surface area contributed by atoms with Gasteiger partial charge in [-0.15, -0.1) is 35.3 Å². The van der Waals surface area contributed by atoms with Gasteiger partial charge < -0.3 is 10.6 Å². The summed E-state index contributed by atoms with van der Waals surface area (Å²) in [5, 5.41) is 8.50. The number of hydrogen-bond acceptors (Lipinski definition) is 3. The molecule has 4 nitrogen and oxygen atoms in total. The smallest absolute Gasteiger partial charge is 0.191 e. The maximum Gasteiger partial charge on any atom is 0.191 e. The van der Waals surface area contributed by atoms with Crippen LogP contribution in [0.15, 0.2) is 35.5 Å². The maximum absolute atomic E-state index is 6.12. The van der Waals surface area contributed by atoms with E-state index in [0.717, 1.165) is 29.1 Å². The molecule has 1 aromatic heterocycles. The summed E-state index contributed by atoms with van der Waals surface area (Å²) in [6, 6.07) is 8.02. The molecule has 2 rings (SSSR count). The van der Waals surface area contributed by atoms with E-state index in [-0.39, 0.29) is 29.4 Å². The van der Waals surface area contributed by atoms with Crippen LogP contribution in [0.3, 0.4) is 0 Å². The number of hydrogen-bond donors (Lipinski definition) is 2. The Morgan fingerprint density at radius 3 is 2.68 bits per heavy atom. The molecular weight excluding hydrogens is 467 g/mol. The third-order valence-corrected chi connectivity index (χ3v) is 4.82. The Balaban J connectivity index is 0.00000312. The van der Waals surface area contributed by atoms with E-state index in [4.69, 9.17) is 11.6 Å². The van der Waals surface area contributed by atoms with Crippen LogP contribution < -0.4 is 10.6 Å². The standard InChI is InChI=1S/C18H25ClN4S.HI/c1-5-20-17(22-11-16-21-10-13(2)24-16)23-12-18(3,4)14-7-6-8-15(19)9-14;/h6-10H,5,11-12H2,1-4H3,(H2,20,22,23);1H. The summed E-state index contributed by atoms with van der Waals surface area (Å²) in [5.41, 5.74) is 1.15. The SMILES string of the molecule is CCNC(=NCc1ncc(C)s1)NCC(C)(C)c1cccc(Cl)c1.I. The van der Waals surface area contributed by atoms with Crippen LogP contribution in [-0.2, 0) is 12.0 Å². The van der Waals surface area contributed by atoms with E-state index < -0.39 is 0 Å². The molecule has 0 radical (unpaired) electrons. The number of benzene rings is 1. The Morgan fingerprint density at radius 1 is 1.32 bits per heavy atom. The molecule has 2 N–H and O–H groups in total. The highest BCUT2D eigenvalue weighted by Gasteiger charge is 2.21. The van der Waals surface area contributed by atoms with Gasteiger partial charge in [0.2, 0.25) is 0 Å². The number of nitrogens with one attached hydrogen (secondary N) is 2. The van der Waals surface area contributed by atoms with Gasteiger partial charge in [-0.2, -0.15) is 0 Å². The minimum atomic E-state index is -0.0567. The van der Waals surface area contributed by atoms with Crippen molar-refractivity contribution in [2.24, 2.45) is 4.99 Å². The monoisotopic (exact) mass is 492 g/mol. The van der Waals surface area contributed by atoms with Crippen LogP contribution in [0.5, 0.6) is 0 Å². The average Bonchev–Trinajstić information content (AvgIpc) is 2.95. The Morgan fingerprint density at radius 2 is 2.08 bits per heavy atom. The van der Waals surface area contributed by atoms with E-state index in [2.05, 4.69) is 54.4 Å². The number of nitrogens with zero attached hydrogens (tertiary/aromatic N) is 2. The number of aliphatic imine (C=N–C) groups is 1. The third-order valence-electron chi connectivity index (χ3n) is 3.69. The molecule has 0 saturated carbocycles. The lowest BCUT2D eigenvalue weighted by atomic mass is 9.84.